The van der Waals surface area contributed by atoms with Gasteiger partial charge in [0.2, 0.25) is 0 Å². The SMILES string of the molecule is CCOC(=O)c1sc(-c2cc(Br)cc(Br)c2)cc1N. The molecule has 0 aliphatic heterocycles. The lowest BCUT2D eigenvalue weighted by molar-refractivity contribution is 0.0533. The minimum Gasteiger partial charge on any atom is -0.462 e. The molecule has 3 nitrogen and oxygen atoms in total. The van der Waals surface area contributed by atoms with Crippen molar-refractivity contribution in [3.05, 3.63) is 38.1 Å². The van der Waals surface area contributed by atoms with Crippen LogP contribution in [-0.4, -0.2) is 12.6 Å². The number of carbonyl (C=O) groups is 1. The fraction of sp³-hybridized carbons (Fsp3) is 0.154. The van der Waals surface area contributed by atoms with Crippen LogP contribution in [-0.2, 0) is 4.74 Å². The predicted octanol–water partition coefficient (Wildman–Crippen LogP) is 4.70. The molecule has 0 amide bonds. The van der Waals surface area contributed by atoms with E-state index in [1.165, 1.54) is 11.3 Å². The van der Waals surface area contributed by atoms with E-state index in [2.05, 4.69) is 31.9 Å². The molecule has 0 unspecified atom stereocenters. The van der Waals surface area contributed by atoms with Crippen LogP contribution in [0, 0.1) is 0 Å². The molecule has 1 aromatic carbocycles. The molecule has 0 saturated carbocycles. The maximum atomic E-state index is 11.7. The first-order chi connectivity index (χ1) is 9.01. The van der Waals surface area contributed by atoms with Crippen molar-refractivity contribution >= 4 is 54.9 Å². The van der Waals surface area contributed by atoms with Crippen LogP contribution < -0.4 is 5.73 Å². The van der Waals surface area contributed by atoms with E-state index in [9.17, 15) is 4.79 Å². The second-order valence-electron chi connectivity index (χ2n) is 3.77. The van der Waals surface area contributed by atoms with Crippen molar-refractivity contribution in [1.29, 1.82) is 0 Å². The van der Waals surface area contributed by atoms with Gasteiger partial charge < -0.3 is 10.5 Å². The Hall–Kier alpha value is -0.850. The van der Waals surface area contributed by atoms with Crippen molar-refractivity contribution in [2.45, 2.75) is 6.92 Å². The van der Waals surface area contributed by atoms with Crippen LogP contribution in [0.2, 0.25) is 0 Å². The quantitative estimate of drug-likeness (QED) is 0.754. The minimum atomic E-state index is -0.370. The van der Waals surface area contributed by atoms with E-state index in [-0.39, 0.29) is 5.97 Å². The summed E-state index contributed by atoms with van der Waals surface area (Å²) in [6, 6.07) is 7.70. The zero-order chi connectivity index (χ0) is 14.0. The number of nitrogen functional groups attached to an aromatic ring is 1. The van der Waals surface area contributed by atoms with Gasteiger partial charge >= 0.3 is 5.97 Å². The third-order valence-electron chi connectivity index (χ3n) is 2.37. The molecule has 100 valence electrons. The number of benzene rings is 1. The third-order valence-corrected chi connectivity index (χ3v) is 4.46. The van der Waals surface area contributed by atoms with Crippen LogP contribution in [0.15, 0.2) is 33.2 Å². The van der Waals surface area contributed by atoms with Crippen molar-refractivity contribution in [2.75, 3.05) is 12.3 Å². The largest absolute Gasteiger partial charge is 0.462 e. The molecule has 0 aliphatic rings. The van der Waals surface area contributed by atoms with Gasteiger partial charge in [-0.1, -0.05) is 31.9 Å². The number of rotatable bonds is 3. The molecule has 1 aromatic heterocycles. The Labute approximate surface area is 132 Å². The molecule has 2 aromatic rings. The molecule has 0 aliphatic carbocycles. The smallest absolute Gasteiger partial charge is 0.350 e. The molecular formula is C13H11Br2NO2S. The maximum absolute atomic E-state index is 11.7. The summed E-state index contributed by atoms with van der Waals surface area (Å²) in [4.78, 5) is 13.1. The van der Waals surface area contributed by atoms with Gasteiger partial charge in [0.15, 0.2) is 0 Å². The summed E-state index contributed by atoms with van der Waals surface area (Å²) >= 11 is 8.22. The number of hydrogen-bond donors (Lipinski definition) is 1. The van der Waals surface area contributed by atoms with Crippen molar-refractivity contribution < 1.29 is 9.53 Å². The van der Waals surface area contributed by atoms with Gasteiger partial charge in [0, 0.05) is 13.8 Å². The number of anilines is 1. The fourth-order valence-corrected chi connectivity index (χ4v) is 3.85. The Bertz CT molecular complexity index is 605. The van der Waals surface area contributed by atoms with Crippen molar-refractivity contribution in [1.82, 2.24) is 0 Å². The summed E-state index contributed by atoms with van der Waals surface area (Å²) in [5, 5.41) is 0. The lowest BCUT2D eigenvalue weighted by Crippen LogP contribution is -2.04. The number of thiophene rings is 1. The molecule has 0 fully saturated rings. The first-order valence-corrected chi connectivity index (χ1v) is 7.94. The molecule has 1 heterocycles. The number of hydrogen-bond acceptors (Lipinski definition) is 4. The molecular weight excluding hydrogens is 394 g/mol. The lowest BCUT2D eigenvalue weighted by atomic mass is 10.2. The van der Waals surface area contributed by atoms with E-state index in [1.54, 1.807) is 13.0 Å². The average Bonchev–Trinajstić information content (AvgIpc) is 2.70. The molecule has 0 atom stereocenters. The van der Waals surface area contributed by atoms with Crippen molar-refractivity contribution in [3.63, 3.8) is 0 Å². The Kier molecular flexibility index (Phi) is 4.65. The number of nitrogens with two attached hydrogens (primary N) is 1. The first kappa shape index (κ1) is 14.6. The zero-order valence-corrected chi connectivity index (χ0v) is 14.1. The molecule has 0 saturated heterocycles. The van der Waals surface area contributed by atoms with E-state index >= 15 is 0 Å². The summed E-state index contributed by atoms with van der Waals surface area (Å²) in [7, 11) is 0. The van der Waals surface area contributed by atoms with Gasteiger partial charge in [-0.25, -0.2) is 4.79 Å². The van der Waals surface area contributed by atoms with E-state index in [4.69, 9.17) is 10.5 Å². The molecule has 19 heavy (non-hydrogen) atoms. The highest BCUT2D eigenvalue weighted by atomic mass is 79.9. The van der Waals surface area contributed by atoms with Gasteiger partial charge in [-0.15, -0.1) is 11.3 Å². The van der Waals surface area contributed by atoms with Gasteiger partial charge in [0.05, 0.1) is 12.3 Å². The van der Waals surface area contributed by atoms with Gasteiger partial charge in [-0.2, -0.15) is 0 Å². The summed E-state index contributed by atoms with van der Waals surface area (Å²) in [5.74, 6) is -0.370. The number of esters is 1. The van der Waals surface area contributed by atoms with Crippen LogP contribution in [0.5, 0.6) is 0 Å². The molecule has 2 rings (SSSR count). The molecule has 6 heteroatoms. The highest BCUT2D eigenvalue weighted by Gasteiger charge is 2.16. The van der Waals surface area contributed by atoms with Crippen LogP contribution in [0.25, 0.3) is 10.4 Å². The van der Waals surface area contributed by atoms with Gasteiger partial charge in [0.25, 0.3) is 0 Å². The monoisotopic (exact) mass is 403 g/mol. The predicted molar refractivity (Wildman–Crippen MR) is 85.5 cm³/mol. The van der Waals surface area contributed by atoms with Crippen LogP contribution in [0.3, 0.4) is 0 Å². The van der Waals surface area contributed by atoms with E-state index in [1.807, 2.05) is 18.2 Å². The van der Waals surface area contributed by atoms with Crippen molar-refractivity contribution in [2.24, 2.45) is 0 Å². The Morgan fingerprint density at radius 1 is 1.26 bits per heavy atom. The number of carbonyl (C=O) groups excluding carboxylic acids is 1. The second kappa shape index (κ2) is 6.07. The van der Waals surface area contributed by atoms with Gasteiger partial charge in [-0.05, 0) is 36.8 Å². The molecule has 2 N–H and O–H groups in total. The summed E-state index contributed by atoms with van der Waals surface area (Å²) in [6.45, 7) is 2.11. The van der Waals surface area contributed by atoms with Crippen molar-refractivity contribution in [3.8, 4) is 10.4 Å². The van der Waals surface area contributed by atoms with Crippen LogP contribution in [0.1, 0.15) is 16.6 Å². The maximum Gasteiger partial charge on any atom is 0.350 e. The number of halogens is 2. The molecule has 0 radical (unpaired) electrons. The Morgan fingerprint density at radius 3 is 2.47 bits per heavy atom. The average molecular weight is 405 g/mol. The van der Waals surface area contributed by atoms with Crippen LogP contribution >= 0.6 is 43.2 Å². The highest BCUT2D eigenvalue weighted by molar-refractivity contribution is 9.11. The van der Waals surface area contributed by atoms with Gasteiger partial charge in [0.1, 0.15) is 4.88 Å². The second-order valence-corrected chi connectivity index (χ2v) is 6.66. The summed E-state index contributed by atoms with van der Waals surface area (Å²) < 4.78 is 6.90. The lowest BCUT2D eigenvalue weighted by Gasteiger charge is -2.00. The van der Waals surface area contributed by atoms with E-state index in [0.29, 0.717) is 17.2 Å². The van der Waals surface area contributed by atoms with Crippen LogP contribution in [0.4, 0.5) is 5.69 Å². The van der Waals surface area contributed by atoms with E-state index < -0.39 is 0 Å². The Morgan fingerprint density at radius 2 is 1.89 bits per heavy atom. The zero-order valence-electron chi connectivity index (χ0n) is 10.1. The topological polar surface area (TPSA) is 52.3 Å². The summed E-state index contributed by atoms with van der Waals surface area (Å²) in [6.07, 6.45) is 0. The molecule has 0 spiro atoms. The standard InChI is InChI=1S/C13H11Br2NO2S/c1-2-18-13(17)12-10(16)6-11(19-12)7-3-8(14)5-9(15)4-7/h3-6H,2,16H2,1H3. The minimum absolute atomic E-state index is 0.341. The molecule has 0 bridgehead atoms. The summed E-state index contributed by atoms with van der Waals surface area (Å²) in [5.41, 5.74) is 7.32. The number of ether oxygens (including phenoxy) is 1. The third kappa shape index (κ3) is 3.38. The fourth-order valence-electron chi connectivity index (χ4n) is 1.60. The van der Waals surface area contributed by atoms with Gasteiger partial charge in [-0.3, -0.25) is 0 Å². The normalized spacial score (nSPS) is 10.5. The highest BCUT2D eigenvalue weighted by Crippen LogP contribution is 2.36. The first-order valence-electron chi connectivity index (χ1n) is 5.54. The van der Waals surface area contributed by atoms with E-state index in [0.717, 1.165) is 19.4 Å². The Balaban J connectivity index is 2.41.